The first kappa shape index (κ1) is 13.1. The summed E-state index contributed by atoms with van der Waals surface area (Å²) in [5, 5.41) is 3.25. The summed E-state index contributed by atoms with van der Waals surface area (Å²) in [6.45, 7) is 4.37. The summed E-state index contributed by atoms with van der Waals surface area (Å²) >= 11 is 0. The molecule has 1 N–H and O–H groups in total. The van der Waals surface area contributed by atoms with Gasteiger partial charge in [0.2, 0.25) is 0 Å². The van der Waals surface area contributed by atoms with Crippen LogP contribution in [0.25, 0.3) is 0 Å². The lowest BCUT2D eigenvalue weighted by Crippen LogP contribution is -2.32. The lowest BCUT2D eigenvalue weighted by atomic mass is 9.98. The van der Waals surface area contributed by atoms with E-state index in [9.17, 15) is 4.79 Å². The SMILES string of the molecule is CCc1ccc(COC(=O)C2CCNCC2)cc1. The van der Waals surface area contributed by atoms with Crippen molar-refractivity contribution in [1.82, 2.24) is 5.32 Å². The number of carbonyl (C=O) groups excluding carboxylic acids is 1. The smallest absolute Gasteiger partial charge is 0.309 e. The van der Waals surface area contributed by atoms with Crippen LogP contribution < -0.4 is 5.32 Å². The van der Waals surface area contributed by atoms with E-state index in [2.05, 4.69) is 24.4 Å². The van der Waals surface area contributed by atoms with Crippen LogP contribution in [0.4, 0.5) is 0 Å². The van der Waals surface area contributed by atoms with Crippen molar-refractivity contribution in [3.8, 4) is 0 Å². The average molecular weight is 247 g/mol. The normalized spacial score (nSPS) is 16.5. The maximum Gasteiger partial charge on any atom is 0.309 e. The highest BCUT2D eigenvalue weighted by molar-refractivity contribution is 5.72. The number of ether oxygens (including phenoxy) is 1. The Morgan fingerprint density at radius 3 is 2.44 bits per heavy atom. The second-order valence-corrected chi connectivity index (χ2v) is 4.80. The molecule has 0 saturated carbocycles. The van der Waals surface area contributed by atoms with Gasteiger partial charge < -0.3 is 10.1 Å². The van der Waals surface area contributed by atoms with E-state index in [1.807, 2.05) is 12.1 Å². The fourth-order valence-corrected chi connectivity index (χ4v) is 2.20. The van der Waals surface area contributed by atoms with Crippen molar-refractivity contribution in [3.63, 3.8) is 0 Å². The number of carbonyl (C=O) groups is 1. The highest BCUT2D eigenvalue weighted by Crippen LogP contribution is 2.15. The third-order valence-corrected chi connectivity index (χ3v) is 3.48. The molecule has 1 aromatic rings. The molecule has 0 aromatic heterocycles. The van der Waals surface area contributed by atoms with Gasteiger partial charge in [-0.25, -0.2) is 0 Å². The summed E-state index contributed by atoms with van der Waals surface area (Å²) in [6, 6.07) is 8.25. The number of benzene rings is 1. The van der Waals surface area contributed by atoms with Gasteiger partial charge in [0, 0.05) is 0 Å². The van der Waals surface area contributed by atoms with Crippen LogP contribution in [0, 0.1) is 5.92 Å². The fourth-order valence-electron chi connectivity index (χ4n) is 2.20. The standard InChI is InChI=1S/C15H21NO2/c1-2-12-3-5-13(6-4-12)11-18-15(17)14-7-9-16-10-8-14/h3-6,14,16H,2,7-11H2,1H3. The van der Waals surface area contributed by atoms with E-state index < -0.39 is 0 Å². The number of rotatable bonds is 4. The molecule has 0 bridgehead atoms. The molecular formula is C15H21NO2. The van der Waals surface area contributed by atoms with Crippen LogP contribution in [0.1, 0.15) is 30.9 Å². The third kappa shape index (κ3) is 3.57. The molecule has 3 heteroatoms. The van der Waals surface area contributed by atoms with Crippen LogP contribution in [0.5, 0.6) is 0 Å². The van der Waals surface area contributed by atoms with Gasteiger partial charge in [0.25, 0.3) is 0 Å². The van der Waals surface area contributed by atoms with Crippen LogP contribution in [0.15, 0.2) is 24.3 Å². The Morgan fingerprint density at radius 1 is 1.22 bits per heavy atom. The molecule has 1 heterocycles. The Kier molecular flexibility index (Phi) is 4.76. The van der Waals surface area contributed by atoms with Crippen molar-refractivity contribution in [3.05, 3.63) is 35.4 Å². The lowest BCUT2D eigenvalue weighted by molar-refractivity contribution is -0.150. The predicted molar refractivity (Wildman–Crippen MR) is 71.2 cm³/mol. The van der Waals surface area contributed by atoms with E-state index in [0.717, 1.165) is 37.9 Å². The summed E-state index contributed by atoms with van der Waals surface area (Å²) in [7, 11) is 0. The number of hydrogen-bond donors (Lipinski definition) is 1. The van der Waals surface area contributed by atoms with Crippen molar-refractivity contribution in [2.75, 3.05) is 13.1 Å². The van der Waals surface area contributed by atoms with E-state index in [4.69, 9.17) is 4.74 Å². The molecule has 3 nitrogen and oxygen atoms in total. The predicted octanol–water partition coefficient (Wildman–Crippen LogP) is 2.29. The van der Waals surface area contributed by atoms with Gasteiger partial charge in [-0.05, 0) is 43.5 Å². The van der Waals surface area contributed by atoms with Crippen molar-refractivity contribution in [2.45, 2.75) is 32.8 Å². The molecule has 0 unspecified atom stereocenters. The molecule has 1 fully saturated rings. The number of esters is 1. The maximum absolute atomic E-state index is 11.8. The van der Waals surface area contributed by atoms with Crippen molar-refractivity contribution in [2.24, 2.45) is 5.92 Å². The molecule has 0 amide bonds. The zero-order valence-corrected chi connectivity index (χ0v) is 10.9. The molecular weight excluding hydrogens is 226 g/mol. The Labute approximate surface area is 109 Å². The van der Waals surface area contributed by atoms with Gasteiger partial charge in [0.15, 0.2) is 0 Å². The quantitative estimate of drug-likeness (QED) is 0.830. The molecule has 0 atom stereocenters. The average Bonchev–Trinajstić information content (AvgIpc) is 2.46. The molecule has 1 aromatic carbocycles. The summed E-state index contributed by atoms with van der Waals surface area (Å²) in [5.41, 5.74) is 2.37. The van der Waals surface area contributed by atoms with Crippen molar-refractivity contribution in [1.29, 1.82) is 0 Å². The zero-order valence-electron chi connectivity index (χ0n) is 10.9. The number of hydrogen-bond acceptors (Lipinski definition) is 3. The van der Waals surface area contributed by atoms with Crippen LogP contribution in [-0.4, -0.2) is 19.1 Å². The van der Waals surface area contributed by atoms with Gasteiger partial charge in [0.05, 0.1) is 5.92 Å². The molecule has 0 aliphatic carbocycles. The minimum Gasteiger partial charge on any atom is -0.461 e. The van der Waals surface area contributed by atoms with Crippen molar-refractivity contribution >= 4 is 5.97 Å². The van der Waals surface area contributed by atoms with Gasteiger partial charge >= 0.3 is 5.97 Å². The van der Waals surface area contributed by atoms with Crippen LogP contribution >= 0.6 is 0 Å². The zero-order chi connectivity index (χ0) is 12.8. The van der Waals surface area contributed by atoms with E-state index in [0.29, 0.717) is 6.61 Å². The maximum atomic E-state index is 11.8. The van der Waals surface area contributed by atoms with Gasteiger partial charge in [-0.3, -0.25) is 4.79 Å². The third-order valence-electron chi connectivity index (χ3n) is 3.48. The minimum absolute atomic E-state index is 0.0453. The monoisotopic (exact) mass is 247 g/mol. The van der Waals surface area contributed by atoms with E-state index >= 15 is 0 Å². The second-order valence-electron chi connectivity index (χ2n) is 4.80. The van der Waals surface area contributed by atoms with Crippen LogP contribution in [0.2, 0.25) is 0 Å². The summed E-state index contributed by atoms with van der Waals surface area (Å²) < 4.78 is 5.37. The van der Waals surface area contributed by atoms with Crippen LogP contribution in [-0.2, 0) is 22.6 Å². The fraction of sp³-hybridized carbons (Fsp3) is 0.533. The summed E-state index contributed by atoms with van der Waals surface area (Å²) in [4.78, 5) is 11.8. The highest BCUT2D eigenvalue weighted by Gasteiger charge is 2.22. The molecule has 1 aliphatic rings. The molecule has 18 heavy (non-hydrogen) atoms. The largest absolute Gasteiger partial charge is 0.461 e. The molecule has 1 saturated heterocycles. The number of aryl methyl sites for hydroxylation is 1. The molecule has 1 aliphatic heterocycles. The van der Waals surface area contributed by atoms with E-state index in [-0.39, 0.29) is 11.9 Å². The number of piperidine rings is 1. The molecule has 2 rings (SSSR count). The first-order valence-corrected chi connectivity index (χ1v) is 6.74. The Balaban J connectivity index is 1.80. The topological polar surface area (TPSA) is 38.3 Å². The molecule has 98 valence electrons. The van der Waals surface area contributed by atoms with Gasteiger partial charge in [-0.1, -0.05) is 31.2 Å². The molecule has 0 radical (unpaired) electrons. The highest BCUT2D eigenvalue weighted by atomic mass is 16.5. The van der Waals surface area contributed by atoms with E-state index in [1.54, 1.807) is 0 Å². The minimum atomic E-state index is -0.0453. The lowest BCUT2D eigenvalue weighted by Gasteiger charge is -2.20. The van der Waals surface area contributed by atoms with Crippen molar-refractivity contribution < 1.29 is 9.53 Å². The van der Waals surface area contributed by atoms with Crippen LogP contribution in [0.3, 0.4) is 0 Å². The van der Waals surface area contributed by atoms with E-state index in [1.165, 1.54) is 5.56 Å². The van der Waals surface area contributed by atoms with Gasteiger partial charge in [-0.2, -0.15) is 0 Å². The summed E-state index contributed by atoms with van der Waals surface area (Å²) in [5.74, 6) is 0.0391. The Bertz CT molecular complexity index is 380. The van der Waals surface area contributed by atoms with Gasteiger partial charge in [-0.15, -0.1) is 0 Å². The summed E-state index contributed by atoms with van der Waals surface area (Å²) in [6.07, 6.45) is 2.83. The first-order chi connectivity index (χ1) is 8.79. The Hall–Kier alpha value is -1.35. The number of nitrogens with one attached hydrogen (secondary N) is 1. The second kappa shape index (κ2) is 6.55. The Morgan fingerprint density at radius 2 is 1.83 bits per heavy atom. The molecule has 0 spiro atoms. The van der Waals surface area contributed by atoms with Gasteiger partial charge in [0.1, 0.15) is 6.61 Å². The first-order valence-electron chi connectivity index (χ1n) is 6.74.